The first-order valence-corrected chi connectivity index (χ1v) is 13.1. The number of hydrogen-bond acceptors (Lipinski definition) is 9. The van der Waals surface area contributed by atoms with Crippen LogP contribution in [0.4, 0.5) is 4.39 Å². The van der Waals surface area contributed by atoms with Crippen LogP contribution in [-0.4, -0.2) is 87.5 Å². The molecule has 216 valence electrons. The fourth-order valence-corrected chi connectivity index (χ4v) is 6.72. The molecule has 41 heavy (non-hydrogen) atoms. The van der Waals surface area contributed by atoms with Crippen LogP contribution in [-0.2, 0) is 27.3 Å². The van der Waals surface area contributed by atoms with Crippen LogP contribution >= 0.6 is 0 Å². The van der Waals surface area contributed by atoms with Crippen LogP contribution in [0.2, 0.25) is 0 Å². The van der Waals surface area contributed by atoms with E-state index in [1.165, 1.54) is 17.0 Å². The van der Waals surface area contributed by atoms with E-state index in [0.717, 1.165) is 0 Å². The average molecular weight is 566 g/mol. The van der Waals surface area contributed by atoms with Gasteiger partial charge >= 0.3 is 0 Å². The Balaban J connectivity index is 1.71. The van der Waals surface area contributed by atoms with E-state index >= 15 is 0 Å². The second-order valence-electron chi connectivity index (χ2n) is 11.5. The topological polar surface area (TPSA) is 165 Å². The van der Waals surface area contributed by atoms with E-state index in [9.17, 15) is 39.2 Å². The lowest BCUT2D eigenvalue weighted by Crippen LogP contribution is -2.65. The molecule has 1 saturated carbocycles. The largest absolute Gasteiger partial charge is 0.508 e. The number of primary amides is 1. The smallest absolute Gasteiger partial charge is 0.255 e. The number of carbonyl (C=O) groups excluding carboxylic acids is 3. The summed E-state index contributed by atoms with van der Waals surface area (Å²) in [5, 5.41) is 44.9. The minimum Gasteiger partial charge on any atom is -0.508 e. The Kier molecular flexibility index (Phi) is 6.80. The summed E-state index contributed by atoms with van der Waals surface area (Å²) < 4.78 is 14.6. The molecule has 10 nitrogen and oxygen atoms in total. The van der Waals surface area contributed by atoms with Crippen LogP contribution in [0.15, 0.2) is 47.2 Å². The van der Waals surface area contributed by atoms with Crippen LogP contribution in [0.1, 0.15) is 23.1 Å². The number of rotatable bonds is 5. The molecule has 6 N–H and O–H groups in total. The monoisotopic (exact) mass is 565 g/mol. The van der Waals surface area contributed by atoms with Gasteiger partial charge in [-0.3, -0.25) is 19.3 Å². The molecule has 1 fully saturated rings. The summed E-state index contributed by atoms with van der Waals surface area (Å²) in [6.45, 7) is 0.344. The molecule has 1 amide bonds. The first kappa shape index (κ1) is 28.5. The number of fused-ring (bicyclic) bond motifs is 3. The predicted octanol–water partition coefficient (Wildman–Crippen LogP) is 1.83. The van der Waals surface area contributed by atoms with Crippen LogP contribution in [0.25, 0.3) is 16.9 Å². The number of nitrogens with zero attached hydrogens (tertiary/aromatic N) is 2. The molecule has 0 saturated heterocycles. The molecule has 5 rings (SSSR count). The van der Waals surface area contributed by atoms with Crippen molar-refractivity contribution in [3.63, 3.8) is 0 Å². The van der Waals surface area contributed by atoms with Gasteiger partial charge in [0.1, 0.15) is 28.7 Å². The molecule has 0 aromatic heterocycles. The van der Waals surface area contributed by atoms with Crippen molar-refractivity contribution in [3.05, 3.63) is 69.7 Å². The molecule has 0 spiro atoms. The maximum Gasteiger partial charge on any atom is 0.255 e. The van der Waals surface area contributed by atoms with Crippen LogP contribution in [0.5, 0.6) is 5.75 Å². The van der Waals surface area contributed by atoms with Crippen molar-refractivity contribution in [2.75, 3.05) is 28.2 Å². The second kappa shape index (κ2) is 9.79. The van der Waals surface area contributed by atoms with E-state index < -0.39 is 58.0 Å². The highest BCUT2D eigenvalue weighted by Gasteiger charge is 2.64. The van der Waals surface area contributed by atoms with Gasteiger partial charge in [0.25, 0.3) is 5.91 Å². The van der Waals surface area contributed by atoms with E-state index in [4.69, 9.17) is 5.73 Å². The normalized spacial score (nSPS) is 25.9. The highest BCUT2D eigenvalue weighted by atomic mass is 19.1. The van der Waals surface area contributed by atoms with Crippen molar-refractivity contribution >= 4 is 23.2 Å². The van der Waals surface area contributed by atoms with Gasteiger partial charge in [-0.25, -0.2) is 4.39 Å². The van der Waals surface area contributed by atoms with E-state index in [2.05, 4.69) is 0 Å². The molecule has 2 aromatic rings. The number of aromatic hydroxyl groups is 1. The van der Waals surface area contributed by atoms with Gasteiger partial charge in [0.05, 0.1) is 11.6 Å². The molecular formula is C30H32FN3O7. The van der Waals surface area contributed by atoms with E-state index in [1.54, 1.807) is 32.3 Å². The highest BCUT2D eigenvalue weighted by molar-refractivity contribution is 6.24. The quantitative estimate of drug-likeness (QED) is 0.340. The van der Waals surface area contributed by atoms with Gasteiger partial charge in [0.2, 0.25) is 5.78 Å². The average Bonchev–Trinajstić information content (AvgIpc) is 2.87. The first-order valence-electron chi connectivity index (χ1n) is 13.1. The van der Waals surface area contributed by atoms with E-state index in [1.807, 2.05) is 19.0 Å². The SMILES string of the molecule is CN(C)Cc1cc(-c2ccc(O)c3c2CC2CC4C(N(C)C)C(=O)C(C(N)=O)=C(O)C4(O)C(=O)C2=C3O)ccc1F. The zero-order chi connectivity index (χ0) is 30.1. The van der Waals surface area contributed by atoms with Crippen molar-refractivity contribution in [2.24, 2.45) is 17.6 Å². The minimum absolute atomic E-state index is 0.0164. The Morgan fingerprint density at radius 2 is 1.78 bits per heavy atom. The number of ketones is 2. The zero-order valence-electron chi connectivity index (χ0n) is 23.1. The van der Waals surface area contributed by atoms with Crippen molar-refractivity contribution in [2.45, 2.75) is 31.0 Å². The van der Waals surface area contributed by atoms with Gasteiger partial charge in [-0.05, 0) is 81.8 Å². The fraction of sp³-hybridized carbons (Fsp3) is 0.367. The number of likely N-dealkylation sites (N-methyl/N-ethyl adjacent to an activating group) is 1. The Labute approximate surface area is 235 Å². The number of aliphatic hydroxyl groups excluding tert-OH is 2. The van der Waals surface area contributed by atoms with Crippen molar-refractivity contribution in [1.82, 2.24) is 9.80 Å². The number of aliphatic hydroxyl groups is 3. The second-order valence-corrected chi connectivity index (χ2v) is 11.5. The number of phenols is 1. The molecule has 11 heteroatoms. The molecule has 0 radical (unpaired) electrons. The Hall–Kier alpha value is -4.06. The van der Waals surface area contributed by atoms with Crippen LogP contribution in [0, 0.1) is 17.7 Å². The molecule has 2 aromatic carbocycles. The maximum absolute atomic E-state index is 14.6. The zero-order valence-corrected chi connectivity index (χ0v) is 23.1. The Morgan fingerprint density at radius 3 is 2.39 bits per heavy atom. The van der Waals surface area contributed by atoms with Gasteiger partial charge in [-0.2, -0.15) is 0 Å². The summed E-state index contributed by atoms with van der Waals surface area (Å²) in [5.41, 5.74) is 3.77. The molecule has 0 aliphatic heterocycles. The third-order valence-corrected chi connectivity index (χ3v) is 8.45. The van der Waals surface area contributed by atoms with Gasteiger partial charge < -0.3 is 31.1 Å². The Bertz CT molecular complexity index is 1580. The van der Waals surface area contributed by atoms with Gasteiger partial charge in [-0.1, -0.05) is 12.1 Å². The number of hydrogen-bond donors (Lipinski definition) is 5. The van der Waals surface area contributed by atoms with Gasteiger partial charge in [0.15, 0.2) is 11.4 Å². The third kappa shape index (κ3) is 4.14. The van der Waals surface area contributed by atoms with Gasteiger partial charge in [-0.15, -0.1) is 0 Å². The lowest BCUT2D eigenvalue weighted by Gasteiger charge is -2.50. The minimum atomic E-state index is -2.70. The van der Waals surface area contributed by atoms with Crippen molar-refractivity contribution in [3.8, 4) is 16.9 Å². The molecule has 4 atom stereocenters. The molecular weight excluding hydrogens is 533 g/mol. The Morgan fingerprint density at radius 1 is 1.10 bits per heavy atom. The number of phenolic OH excluding ortho intramolecular Hbond substituents is 1. The van der Waals surface area contributed by atoms with E-state index in [0.29, 0.717) is 28.8 Å². The summed E-state index contributed by atoms with van der Waals surface area (Å²) >= 11 is 0. The van der Waals surface area contributed by atoms with Crippen LogP contribution < -0.4 is 5.73 Å². The fourth-order valence-electron chi connectivity index (χ4n) is 6.72. The highest BCUT2D eigenvalue weighted by Crippen LogP contribution is 2.53. The molecule has 3 aliphatic carbocycles. The summed E-state index contributed by atoms with van der Waals surface area (Å²) in [4.78, 5) is 42.6. The van der Waals surface area contributed by atoms with Gasteiger partial charge in [0, 0.05) is 23.6 Å². The first-order chi connectivity index (χ1) is 19.2. The third-order valence-electron chi connectivity index (χ3n) is 8.45. The van der Waals surface area contributed by atoms with E-state index in [-0.39, 0.29) is 35.5 Å². The maximum atomic E-state index is 14.6. The number of benzene rings is 2. The number of nitrogens with two attached hydrogens (primary N) is 1. The number of halogens is 1. The van der Waals surface area contributed by atoms with Crippen molar-refractivity contribution in [1.29, 1.82) is 0 Å². The number of carbonyl (C=O) groups is 3. The lowest BCUT2D eigenvalue weighted by molar-refractivity contribution is -0.153. The van der Waals surface area contributed by atoms with Crippen molar-refractivity contribution < 1.29 is 39.2 Å². The predicted molar refractivity (Wildman–Crippen MR) is 147 cm³/mol. The summed E-state index contributed by atoms with van der Waals surface area (Å²) in [7, 11) is 6.72. The number of Topliss-reactive ketones (excluding diaryl/α,β-unsaturated/α-hetero) is 2. The van der Waals surface area contributed by atoms with Crippen LogP contribution in [0.3, 0.4) is 0 Å². The molecule has 0 bridgehead atoms. The lowest BCUT2D eigenvalue weighted by atomic mass is 9.57. The summed E-state index contributed by atoms with van der Waals surface area (Å²) in [6.07, 6.45) is 0.120. The summed E-state index contributed by atoms with van der Waals surface area (Å²) in [6, 6.07) is 6.48. The molecule has 4 unspecified atom stereocenters. The molecule has 0 heterocycles. The molecule has 3 aliphatic rings. The summed E-state index contributed by atoms with van der Waals surface area (Å²) in [5.74, 6) is -7.44. The number of amides is 1. The standard InChI is InChI=1S/C30H32FN3O7/c1-33(2)12-15-9-13(5-7-19(15)31)16-6-8-20(35)22-17(16)10-14-11-18-24(34(3)4)26(37)23(29(32)40)28(39)30(18,41)27(38)21(14)25(22)36/h5-9,14,18,24,35-36,39,41H,10-12H2,1-4H3,(H2,32,40).